The van der Waals surface area contributed by atoms with Crippen molar-refractivity contribution in [2.45, 2.75) is 45.1 Å². The first-order valence-corrected chi connectivity index (χ1v) is 5.14. The monoisotopic (exact) mass is 173 g/mol. The first kappa shape index (κ1) is 9.97. The SMILES string of the molecule is CC(NCCCF)C1CCCC1. The summed E-state index contributed by atoms with van der Waals surface area (Å²) in [6.07, 6.45) is 6.17. The molecule has 0 saturated heterocycles. The molecule has 1 aliphatic rings. The van der Waals surface area contributed by atoms with Crippen LogP contribution in [0.4, 0.5) is 4.39 Å². The van der Waals surface area contributed by atoms with E-state index >= 15 is 0 Å². The van der Waals surface area contributed by atoms with Crippen molar-refractivity contribution in [3.05, 3.63) is 0 Å². The summed E-state index contributed by atoms with van der Waals surface area (Å²) in [6, 6.07) is 0.596. The van der Waals surface area contributed by atoms with E-state index in [1.165, 1.54) is 25.7 Å². The van der Waals surface area contributed by atoms with E-state index in [9.17, 15) is 4.39 Å². The van der Waals surface area contributed by atoms with Gasteiger partial charge < -0.3 is 5.32 Å². The maximum atomic E-state index is 11.8. The molecule has 1 fully saturated rings. The van der Waals surface area contributed by atoms with Crippen LogP contribution in [-0.2, 0) is 0 Å². The second kappa shape index (κ2) is 5.52. The highest BCUT2D eigenvalue weighted by Gasteiger charge is 2.20. The molecular weight excluding hydrogens is 153 g/mol. The zero-order valence-electron chi connectivity index (χ0n) is 7.98. The van der Waals surface area contributed by atoms with E-state index in [-0.39, 0.29) is 6.67 Å². The van der Waals surface area contributed by atoms with Crippen LogP contribution in [0.5, 0.6) is 0 Å². The van der Waals surface area contributed by atoms with Crippen LogP contribution in [0.25, 0.3) is 0 Å². The van der Waals surface area contributed by atoms with Crippen LogP contribution in [0, 0.1) is 5.92 Å². The molecule has 12 heavy (non-hydrogen) atoms. The highest BCUT2D eigenvalue weighted by atomic mass is 19.1. The summed E-state index contributed by atoms with van der Waals surface area (Å²) >= 11 is 0. The van der Waals surface area contributed by atoms with Crippen molar-refractivity contribution in [1.29, 1.82) is 0 Å². The van der Waals surface area contributed by atoms with Gasteiger partial charge in [0.15, 0.2) is 0 Å². The number of nitrogens with one attached hydrogen (secondary N) is 1. The van der Waals surface area contributed by atoms with Crippen LogP contribution in [0.2, 0.25) is 0 Å². The van der Waals surface area contributed by atoms with Crippen molar-refractivity contribution in [3.63, 3.8) is 0 Å². The van der Waals surface area contributed by atoms with Gasteiger partial charge in [0.25, 0.3) is 0 Å². The zero-order valence-corrected chi connectivity index (χ0v) is 7.98. The third-order valence-electron chi connectivity index (χ3n) is 2.88. The highest BCUT2D eigenvalue weighted by Crippen LogP contribution is 2.27. The van der Waals surface area contributed by atoms with Crippen LogP contribution < -0.4 is 5.32 Å². The molecule has 0 spiro atoms. The molecule has 1 aliphatic carbocycles. The first-order chi connectivity index (χ1) is 5.84. The molecule has 1 atom stereocenters. The second-order valence-corrected chi connectivity index (χ2v) is 3.83. The van der Waals surface area contributed by atoms with E-state index in [1.54, 1.807) is 0 Å². The normalized spacial score (nSPS) is 21.5. The van der Waals surface area contributed by atoms with Gasteiger partial charge >= 0.3 is 0 Å². The molecule has 0 aromatic carbocycles. The minimum absolute atomic E-state index is 0.190. The van der Waals surface area contributed by atoms with Gasteiger partial charge in [-0.05, 0) is 38.6 Å². The van der Waals surface area contributed by atoms with Gasteiger partial charge in [0.05, 0.1) is 6.67 Å². The Morgan fingerprint density at radius 2 is 2.08 bits per heavy atom. The largest absolute Gasteiger partial charge is 0.314 e. The smallest absolute Gasteiger partial charge is 0.0906 e. The van der Waals surface area contributed by atoms with Crippen LogP contribution in [0.1, 0.15) is 39.0 Å². The molecule has 0 amide bonds. The van der Waals surface area contributed by atoms with E-state index in [2.05, 4.69) is 12.2 Å². The van der Waals surface area contributed by atoms with Crippen molar-refractivity contribution in [2.75, 3.05) is 13.2 Å². The van der Waals surface area contributed by atoms with Crippen molar-refractivity contribution < 1.29 is 4.39 Å². The van der Waals surface area contributed by atoms with Gasteiger partial charge in [-0.3, -0.25) is 4.39 Å². The van der Waals surface area contributed by atoms with Gasteiger partial charge in [0, 0.05) is 6.04 Å². The Hall–Kier alpha value is -0.110. The van der Waals surface area contributed by atoms with Crippen LogP contribution in [0.3, 0.4) is 0 Å². The van der Waals surface area contributed by atoms with Crippen LogP contribution in [-0.4, -0.2) is 19.3 Å². The molecule has 0 radical (unpaired) electrons. The Kier molecular flexibility index (Phi) is 4.59. The lowest BCUT2D eigenvalue weighted by atomic mass is 10.00. The highest BCUT2D eigenvalue weighted by molar-refractivity contribution is 4.76. The van der Waals surface area contributed by atoms with Gasteiger partial charge in [-0.2, -0.15) is 0 Å². The van der Waals surface area contributed by atoms with Gasteiger partial charge in [0.1, 0.15) is 0 Å². The van der Waals surface area contributed by atoms with E-state index < -0.39 is 0 Å². The minimum atomic E-state index is -0.190. The van der Waals surface area contributed by atoms with Crippen molar-refractivity contribution in [1.82, 2.24) is 5.32 Å². The Labute approximate surface area is 74.7 Å². The number of hydrogen-bond donors (Lipinski definition) is 1. The summed E-state index contributed by atoms with van der Waals surface area (Å²) in [4.78, 5) is 0. The van der Waals surface area contributed by atoms with Gasteiger partial charge in [0.2, 0.25) is 0 Å². The average molecular weight is 173 g/mol. The summed E-state index contributed by atoms with van der Waals surface area (Å²) in [5.41, 5.74) is 0. The fourth-order valence-electron chi connectivity index (χ4n) is 2.02. The van der Waals surface area contributed by atoms with E-state index in [4.69, 9.17) is 0 Å². The van der Waals surface area contributed by atoms with Crippen LogP contribution in [0.15, 0.2) is 0 Å². The predicted octanol–water partition coefficient (Wildman–Crippen LogP) is 2.51. The number of halogens is 1. The topological polar surface area (TPSA) is 12.0 Å². The molecule has 0 bridgehead atoms. The van der Waals surface area contributed by atoms with E-state index in [0.717, 1.165) is 12.5 Å². The van der Waals surface area contributed by atoms with Gasteiger partial charge in [-0.15, -0.1) is 0 Å². The molecule has 72 valence electrons. The van der Waals surface area contributed by atoms with Crippen molar-refractivity contribution in [3.8, 4) is 0 Å². The molecule has 1 N–H and O–H groups in total. The molecule has 0 heterocycles. The molecule has 1 rings (SSSR count). The van der Waals surface area contributed by atoms with Gasteiger partial charge in [-0.1, -0.05) is 12.8 Å². The van der Waals surface area contributed by atoms with E-state index in [1.807, 2.05) is 0 Å². The first-order valence-electron chi connectivity index (χ1n) is 5.14. The summed E-state index contributed by atoms with van der Waals surface area (Å²) in [7, 11) is 0. The molecule has 0 aromatic heterocycles. The fraction of sp³-hybridized carbons (Fsp3) is 1.00. The molecule has 1 unspecified atom stereocenters. The second-order valence-electron chi connectivity index (χ2n) is 3.83. The lowest BCUT2D eigenvalue weighted by molar-refractivity contribution is 0.367. The Morgan fingerprint density at radius 1 is 1.42 bits per heavy atom. The van der Waals surface area contributed by atoms with Crippen molar-refractivity contribution in [2.24, 2.45) is 5.92 Å². The summed E-state index contributed by atoms with van der Waals surface area (Å²) in [6.45, 7) is 2.88. The Bertz CT molecular complexity index is 110. The Morgan fingerprint density at radius 3 is 2.67 bits per heavy atom. The predicted molar refractivity (Wildman–Crippen MR) is 50.0 cm³/mol. The molecule has 1 nitrogen and oxygen atoms in total. The molecular formula is C10H20FN. The maximum absolute atomic E-state index is 11.8. The standard InChI is InChI=1S/C10H20FN/c1-9(12-8-4-7-11)10-5-2-3-6-10/h9-10,12H,2-8H2,1H3. The third kappa shape index (κ3) is 3.10. The Balaban J connectivity index is 2.05. The third-order valence-corrected chi connectivity index (χ3v) is 2.88. The lowest BCUT2D eigenvalue weighted by Gasteiger charge is -2.19. The average Bonchev–Trinajstić information content (AvgIpc) is 2.56. The zero-order chi connectivity index (χ0) is 8.81. The lowest BCUT2D eigenvalue weighted by Crippen LogP contribution is -2.33. The summed E-state index contributed by atoms with van der Waals surface area (Å²) < 4.78 is 11.8. The van der Waals surface area contributed by atoms with Gasteiger partial charge in [-0.25, -0.2) is 0 Å². The summed E-state index contributed by atoms with van der Waals surface area (Å²) in [5.74, 6) is 0.851. The molecule has 0 aromatic rings. The maximum Gasteiger partial charge on any atom is 0.0906 e. The molecule has 0 aliphatic heterocycles. The van der Waals surface area contributed by atoms with E-state index in [0.29, 0.717) is 12.5 Å². The molecule has 1 saturated carbocycles. The minimum Gasteiger partial charge on any atom is -0.314 e. The fourth-order valence-corrected chi connectivity index (χ4v) is 2.02. The molecule has 2 heteroatoms. The van der Waals surface area contributed by atoms with Crippen molar-refractivity contribution >= 4 is 0 Å². The number of rotatable bonds is 5. The van der Waals surface area contributed by atoms with Crippen LogP contribution >= 0.6 is 0 Å². The quantitative estimate of drug-likeness (QED) is 0.630. The number of alkyl halides is 1. The summed E-state index contributed by atoms with van der Waals surface area (Å²) in [5, 5.41) is 3.39. The number of hydrogen-bond acceptors (Lipinski definition) is 1.